The molecule has 1 heteroatoms. The van der Waals surface area contributed by atoms with E-state index >= 15 is 0 Å². The van der Waals surface area contributed by atoms with Gasteiger partial charge in [0.15, 0.2) is 0 Å². The molecule has 0 N–H and O–H groups in total. The molecule has 1 nitrogen and oxygen atoms in total. The second kappa shape index (κ2) is 5.53. The van der Waals surface area contributed by atoms with Gasteiger partial charge >= 0.3 is 0 Å². The van der Waals surface area contributed by atoms with Gasteiger partial charge in [0, 0.05) is 7.05 Å². The van der Waals surface area contributed by atoms with Crippen LogP contribution in [0.4, 0.5) is 0 Å². The molecule has 0 aliphatic carbocycles. The Kier molecular flexibility index (Phi) is 4.14. The average molecular weight is 160 g/mol. The van der Waals surface area contributed by atoms with Crippen LogP contribution in [-0.2, 0) is 0 Å². The molecule has 0 amide bonds. The van der Waals surface area contributed by atoms with Gasteiger partial charge in [0.2, 0.25) is 0 Å². The molecule has 0 heterocycles. The number of benzene rings is 1. The predicted molar refractivity (Wildman–Crippen MR) is 53.5 cm³/mol. The molecule has 1 radical (unpaired) electrons. The monoisotopic (exact) mass is 160 g/mol. The minimum absolute atomic E-state index is 1.03. The molecular weight excluding hydrogens is 146 g/mol. The lowest BCUT2D eigenvalue weighted by atomic mass is 10.1. The van der Waals surface area contributed by atoms with Crippen LogP contribution in [0.5, 0.6) is 0 Å². The largest absolute Gasteiger partial charge is 0.301 e. The Bertz CT molecular complexity index is 226. The highest BCUT2D eigenvalue weighted by Crippen LogP contribution is 2.05. The van der Waals surface area contributed by atoms with Gasteiger partial charge in [-0.1, -0.05) is 30.3 Å². The first kappa shape index (κ1) is 8.98. The molecule has 1 rings (SSSR count). The maximum atomic E-state index is 3.92. The fraction of sp³-hybridized carbons (Fsp3) is 0.273. The van der Waals surface area contributed by atoms with Gasteiger partial charge in [0.1, 0.15) is 0 Å². The van der Waals surface area contributed by atoms with Crippen molar-refractivity contribution in [3.8, 4) is 0 Å². The zero-order valence-electron chi connectivity index (χ0n) is 7.40. The molecule has 0 bridgehead atoms. The van der Waals surface area contributed by atoms with E-state index in [4.69, 9.17) is 0 Å². The van der Waals surface area contributed by atoms with Gasteiger partial charge in [0.05, 0.1) is 0 Å². The van der Waals surface area contributed by atoms with Crippen LogP contribution in [0.1, 0.15) is 18.4 Å². The van der Waals surface area contributed by atoms with Crippen LogP contribution in [0.25, 0.3) is 0 Å². The quantitative estimate of drug-likeness (QED) is 0.474. The minimum Gasteiger partial charge on any atom is -0.301 e. The van der Waals surface area contributed by atoms with E-state index in [0.717, 1.165) is 12.8 Å². The summed E-state index contributed by atoms with van der Waals surface area (Å²) in [7, 11) is 1.81. The van der Waals surface area contributed by atoms with Gasteiger partial charge in [-0.05, 0) is 31.0 Å². The number of aliphatic imine (C=N–C) groups is 1. The zero-order chi connectivity index (χ0) is 8.65. The molecule has 0 unspecified atom stereocenters. The lowest BCUT2D eigenvalue weighted by molar-refractivity contribution is 1.04. The van der Waals surface area contributed by atoms with E-state index < -0.39 is 0 Å². The number of nitrogens with zero attached hydrogens (tertiary/aromatic N) is 1. The lowest BCUT2D eigenvalue weighted by Gasteiger charge is -1.96. The Morgan fingerprint density at radius 1 is 1.17 bits per heavy atom. The minimum atomic E-state index is 1.03. The first-order valence-electron chi connectivity index (χ1n) is 4.22. The summed E-state index contributed by atoms with van der Waals surface area (Å²) in [5, 5.41) is 0. The van der Waals surface area contributed by atoms with Gasteiger partial charge < -0.3 is 4.99 Å². The molecule has 0 saturated carbocycles. The summed E-state index contributed by atoms with van der Waals surface area (Å²) in [6, 6.07) is 10.4. The average Bonchev–Trinajstić information content (AvgIpc) is 2.14. The zero-order valence-corrected chi connectivity index (χ0v) is 7.40. The Labute approximate surface area is 74.2 Å². The SMILES string of the molecule is CN=CCC[CH]c1ccccc1. The predicted octanol–water partition coefficient (Wildman–Crippen LogP) is 2.72. The van der Waals surface area contributed by atoms with Crippen molar-refractivity contribution >= 4 is 6.21 Å². The van der Waals surface area contributed by atoms with E-state index in [2.05, 4.69) is 35.7 Å². The number of unbranched alkanes of at least 4 members (excludes halogenated alkanes) is 1. The van der Waals surface area contributed by atoms with Crippen molar-refractivity contribution in [2.75, 3.05) is 7.05 Å². The maximum Gasteiger partial charge on any atom is 0.0273 e. The van der Waals surface area contributed by atoms with Crippen molar-refractivity contribution in [3.63, 3.8) is 0 Å². The van der Waals surface area contributed by atoms with Crippen LogP contribution in [0.3, 0.4) is 0 Å². The second-order valence-electron chi connectivity index (χ2n) is 2.63. The summed E-state index contributed by atoms with van der Waals surface area (Å²) < 4.78 is 0. The van der Waals surface area contributed by atoms with E-state index in [0.29, 0.717) is 0 Å². The Morgan fingerprint density at radius 2 is 1.92 bits per heavy atom. The third-order valence-electron chi connectivity index (χ3n) is 1.66. The molecule has 63 valence electrons. The molecule has 0 aliphatic heterocycles. The Morgan fingerprint density at radius 3 is 2.58 bits per heavy atom. The molecule has 0 aliphatic rings. The van der Waals surface area contributed by atoms with Crippen LogP contribution in [-0.4, -0.2) is 13.3 Å². The number of rotatable bonds is 4. The fourth-order valence-corrected chi connectivity index (χ4v) is 1.04. The van der Waals surface area contributed by atoms with Crippen molar-refractivity contribution in [1.29, 1.82) is 0 Å². The van der Waals surface area contributed by atoms with E-state index in [1.165, 1.54) is 5.56 Å². The maximum absolute atomic E-state index is 3.92. The second-order valence-corrected chi connectivity index (χ2v) is 2.63. The summed E-state index contributed by atoms with van der Waals surface area (Å²) in [4.78, 5) is 3.92. The Balaban J connectivity index is 2.24. The molecule has 0 fully saturated rings. The summed E-state index contributed by atoms with van der Waals surface area (Å²) in [5.74, 6) is 0. The van der Waals surface area contributed by atoms with Gasteiger partial charge in [-0.3, -0.25) is 0 Å². The van der Waals surface area contributed by atoms with Crippen LogP contribution >= 0.6 is 0 Å². The van der Waals surface area contributed by atoms with E-state index in [1.807, 2.05) is 19.3 Å². The van der Waals surface area contributed by atoms with E-state index in [-0.39, 0.29) is 0 Å². The third kappa shape index (κ3) is 3.33. The molecule has 0 saturated heterocycles. The number of hydrogen-bond acceptors (Lipinski definition) is 1. The van der Waals surface area contributed by atoms with Crippen LogP contribution in [0.2, 0.25) is 0 Å². The van der Waals surface area contributed by atoms with Gasteiger partial charge in [-0.25, -0.2) is 0 Å². The molecule has 1 aromatic rings. The van der Waals surface area contributed by atoms with Crippen LogP contribution in [0, 0.1) is 6.42 Å². The highest BCUT2D eigenvalue weighted by atomic mass is 14.6. The van der Waals surface area contributed by atoms with E-state index in [9.17, 15) is 0 Å². The molecule has 1 aromatic carbocycles. The topological polar surface area (TPSA) is 12.4 Å². The van der Waals surface area contributed by atoms with Crippen molar-refractivity contribution in [2.24, 2.45) is 4.99 Å². The molecule has 12 heavy (non-hydrogen) atoms. The van der Waals surface area contributed by atoms with Crippen molar-refractivity contribution in [3.05, 3.63) is 42.3 Å². The van der Waals surface area contributed by atoms with Crippen molar-refractivity contribution in [1.82, 2.24) is 0 Å². The smallest absolute Gasteiger partial charge is 0.0273 e. The van der Waals surface area contributed by atoms with Gasteiger partial charge in [-0.15, -0.1) is 0 Å². The first-order valence-corrected chi connectivity index (χ1v) is 4.22. The summed E-state index contributed by atoms with van der Waals surface area (Å²) >= 11 is 0. The molecule has 0 spiro atoms. The summed E-state index contributed by atoms with van der Waals surface area (Å²) in [5.41, 5.74) is 1.29. The highest BCUT2D eigenvalue weighted by molar-refractivity contribution is 5.57. The summed E-state index contributed by atoms with van der Waals surface area (Å²) in [6.07, 6.45) is 6.27. The van der Waals surface area contributed by atoms with E-state index in [1.54, 1.807) is 0 Å². The Hall–Kier alpha value is -1.11. The third-order valence-corrected chi connectivity index (χ3v) is 1.66. The molecule has 0 atom stereocenters. The van der Waals surface area contributed by atoms with Crippen LogP contribution < -0.4 is 0 Å². The van der Waals surface area contributed by atoms with Crippen molar-refractivity contribution < 1.29 is 0 Å². The lowest BCUT2D eigenvalue weighted by Crippen LogP contribution is -1.82. The summed E-state index contributed by atoms with van der Waals surface area (Å²) in [6.45, 7) is 0. The standard InChI is InChI=1S/C11H14N/c1-12-10-6-5-9-11-7-3-2-4-8-11/h2-4,7-10H,5-6H2,1H3. The highest BCUT2D eigenvalue weighted by Gasteiger charge is 1.89. The normalized spacial score (nSPS) is 10.8. The van der Waals surface area contributed by atoms with Gasteiger partial charge in [-0.2, -0.15) is 0 Å². The fourth-order valence-electron chi connectivity index (χ4n) is 1.04. The van der Waals surface area contributed by atoms with Crippen molar-refractivity contribution in [2.45, 2.75) is 12.8 Å². The van der Waals surface area contributed by atoms with Crippen LogP contribution in [0.15, 0.2) is 35.3 Å². The van der Waals surface area contributed by atoms with Gasteiger partial charge in [0.25, 0.3) is 0 Å². The number of hydrogen-bond donors (Lipinski definition) is 0. The molecular formula is C11H14N. The first-order chi connectivity index (χ1) is 5.93. The molecule has 0 aromatic heterocycles.